The molecular formula is C45H54N6O12. The molecule has 0 saturated carbocycles. The van der Waals surface area contributed by atoms with Crippen molar-refractivity contribution in [2.75, 3.05) is 31.7 Å². The van der Waals surface area contributed by atoms with Crippen LogP contribution in [0.5, 0.6) is 5.75 Å². The Morgan fingerprint density at radius 2 is 1.44 bits per heavy atom. The molecule has 4 aromatic carbocycles. The molecule has 0 spiro atoms. The number of nitrogens with one attached hydrogen (secondary N) is 4. The summed E-state index contributed by atoms with van der Waals surface area (Å²) >= 11 is 0. The summed E-state index contributed by atoms with van der Waals surface area (Å²) in [6.45, 7) is 8.09. The van der Waals surface area contributed by atoms with Crippen LogP contribution in [0.3, 0.4) is 0 Å². The molecule has 18 heteroatoms. The van der Waals surface area contributed by atoms with E-state index in [1.165, 1.54) is 24.3 Å². The van der Waals surface area contributed by atoms with Gasteiger partial charge in [-0.25, -0.2) is 14.4 Å². The summed E-state index contributed by atoms with van der Waals surface area (Å²) in [5.74, 6) is -1.65. The molecule has 1 aliphatic rings. The number of nitro benzene ring substituents is 1. The number of anilines is 1. The maximum absolute atomic E-state index is 13.6. The molecule has 63 heavy (non-hydrogen) atoms. The lowest BCUT2D eigenvalue weighted by Crippen LogP contribution is -2.54. The normalized spacial score (nSPS) is 12.8. The number of fused-ring (bicyclic) bond motifs is 3. The number of carbonyl (C=O) groups is 5. The van der Waals surface area contributed by atoms with E-state index in [4.69, 9.17) is 29.8 Å². The molecule has 0 fully saturated rings. The van der Waals surface area contributed by atoms with Crippen LogP contribution < -0.4 is 31.7 Å². The van der Waals surface area contributed by atoms with Crippen LogP contribution in [-0.4, -0.2) is 84.7 Å². The van der Waals surface area contributed by atoms with Crippen LogP contribution in [-0.2, 0) is 30.4 Å². The Kier molecular flexibility index (Phi) is 18.8. The molecule has 0 bridgehead atoms. The van der Waals surface area contributed by atoms with E-state index < -0.39 is 47.1 Å². The van der Waals surface area contributed by atoms with E-state index in [1.807, 2.05) is 62.4 Å². The number of urea groups is 1. The quantitative estimate of drug-likeness (QED) is 0.0204. The van der Waals surface area contributed by atoms with Crippen molar-refractivity contribution in [3.63, 3.8) is 0 Å². The number of alkyl carbamates (subject to hydrolysis) is 1. The fraction of sp³-hybridized carbons (Fsp3) is 0.356. The second kappa shape index (κ2) is 24.4. The Morgan fingerprint density at radius 3 is 1.98 bits per heavy atom. The number of non-ortho nitro benzene ring substituents is 1. The van der Waals surface area contributed by atoms with Gasteiger partial charge in [-0.15, -0.1) is 0 Å². The second-order valence-corrected chi connectivity index (χ2v) is 14.7. The van der Waals surface area contributed by atoms with Crippen molar-refractivity contribution < 1.29 is 52.9 Å². The van der Waals surface area contributed by atoms with Gasteiger partial charge in [0.05, 0.1) is 17.6 Å². The third kappa shape index (κ3) is 15.1. The van der Waals surface area contributed by atoms with Gasteiger partial charge in [-0.05, 0) is 84.7 Å². The minimum absolute atomic E-state index is 0.00463. The molecule has 4 aromatic rings. The zero-order valence-corrected chi connectivity index (χ0v) is 35.5. The molecule has 0 saturated heterocycles. The smallest absolute Gasteiger partial charge is 0.449 e. The minimum Gasteiger partial charge on any atom is -0.449 e. The number of rotatable bonds is 19. The average Bonchev–Trinajstić information content (AvgIpc) is 3.59. The van der Waals surface area contributed by atoms with Crippen LogP contribution in [0.1, 0.15) is 63.1 Å². The molecule has 2 unspecified atom stereocenters. The molecule has 336 valence electrons. The number of ether oxygens (including phenoxy) is 4. The first-order valence-electron chi connectivity index (χ1n) is 20.4. The van der Waals surface area contributed by atoms with Gasteiger partial charge in [-0.1, -0.05) is 74.5 Å². The van der Waals surface area contributed by atoms with Gasteiger partial charge in [0.1, 0.15) is 31.0 Å². The van der Waals surface area contributed by atoms with Crippen LogP contribution in [0.4, 0.5) is 25.8 Å². The highest BCUT2D eigenvalue weighted by molar-refractivity contribution is 5.98. The third-order valence-electron chi connectivity index (χ3n) is 9.70. The Balaban J connectivity index is 0.00000115. The van der Waals surface area contributed by atoms with E-state index >= 15 is 0 Å². The Bertz CT molecular complexity index is 2120. The summed E-state index contributed by atoms with van der Waals surface area (Å²) in [6.07, 6.45) is -1.38. The summed E-state index contributed by atoms with van der Waals surface area (Å²) in [5, 5.41) is 29.8. The second-order valence-electron chi connectivity index (χ2n) is 14.7. The Hall–Kier alpha value is -7.05. The van der Waals surface area contributed by atoms with Gasteiger partial charge < -0.3 is 51.1 Å². The molecule has 5 amide bonds. The number of aliphatic hydroxyl groups excluding tert-OH is 1. The number of nitrogens with zero attached hydrogens (tertiary/aromatic N) is 1. The predicted octanol–water partition coefficient (Wildman–Crippen LogP) is 6.15. The summed E-state index contributed by atoms with van der Waals surface area (Å²) in [7, 11) is 0. The van der Waals surface area contributed by atoms with E-state index in [-0.39, 0.29) is 62.2 Å². The minimum atomic E-state index is -1.07. The van der Waals surface area contributed by atoms with E-state index in [0.29, 0.717) is 24.3 Å². The maximum atomic E-state index is 13.6. The molecule has 0 aliphatic heterocycles. The lowest BCUT2D eigenvalue weighted by Gasteiger charge is -2.25. The van der Waals surface area contributed by atoms with Gasteiger partial charge >= 0.3 is 18.3 Å². The summed E-state index contributed by atoms with van der Waals surface area (Å²) in [4.78, 5) is 73.8. The van der Waals surface area contributed by atoms with Crippen molar-refractivity contribution in [3.8, 4) is 16.9 Å². The predicted molar refractivity (Wildman–Crippen MR) is 233 cm³/mol. The number of hydrogen-bond acceptors (Lipinski definition) is 12. The van der Waals surface area contributed by atoms with Crippen LogP contribution in [0.15, 0.2) is 97.1 Å². The van der Waals surface area contributed by atoms with Crippen molar-refractivity contribution in [1.29, 1.82) is 0 Å². The first kappa shape index (κ1) is 48.6. The molecule has 3 atom stereocenters. The lowest BCUT2D eigenvalue weighted by molar-refractivity contribution is -0.384. The molecule has 18 nitrogen and oxygen atoms in total. The number of nitrogens with two attached hydrogens (primary N) is 1. The molecule has 0 radical (unpaired) electrons. The Morgan fingerprint density at radius 1 is 0.825 bits per heavy atom. The summed E-state index contributed by atoms with van der Waals surface area (Å²) in [6, 6.07) is 24.3. The Labute approximate surface area is 365 Å². The van der Waals surface area contributed by atoms with E-state index in [0.717, 1.165) is 22.3 Å². The highest BCUT2D eigenvalue weighted by atomic mass is 16.7. The number of carbonyl (C=O) groups excluding carboxylic acids is 5. The average molecular weight is 871 g/mol. The third-order valence-corrected chi connectivity index (χ3v) is 9.70. The molecule has 7 N–H and O–H groups in total. The lowest BCUT2D eigenvalue weighted by atomic mass is 9.98. The number of primary amides is 1. The van der Waals surface area contributed by atoms with Gasteiger partial charge in [0.25, 0.3) is 5.69 Å². The van der Waals surface area contributed by atoms with Gasteiger partial charge in [-0.2, -0.15) is 0 Å². The van der Waals surface area contributed by atoms with E-state index in [1.54, 1.807) is 38.1 Å². The fourth-order valence-electron chi connectivity index (χ4n) is 6.50. The molecule has 5 rings (SSSR count). The topological polar surface area (TPSA) is 260 Å². The monoisotopic (exact) mass is 870 g/mol. The van der Waals surface area contributed by atoms with Gasteiger partial charge in [-0.3, -0.25) is 19.7 Å². The van der Waals surface area contributed by atoms with Gasteiger partial charge in [0.15, 0.2) is 0 Å². The zero-order valence-electron chi connectivity index (χ0n) is 35.5. The van der Waals surface area contributed by atoms with Crippen LogP contribution in [0.2, 0.25) is 0 Å². The summed E-state index contributed by atoms with van der Waals surface area (Å²) < 4.78 is 20.8. The number of nitro groups is 1. The van der Waals surface area contributed by atoms with Crippen LogP contribution in [0.25, 0.3) is 11.1 Å². The number of benzene rings is 4. The highest BCUT2D eigenvalue weighted by Gasteiger charge is 2.32. The van der Waals surface area contributed by atoms with Crippen molar-refractivity contribution in [2.24, 2.45) is 11.7 Å². The zero-order chi connectivity index (χ0) is 45.9. The van der Waals surface area contributed by atoms with Gasteiger partial charge in [0.2, 0.25) is 11.8 Å². The van der Waals surface area contributed by atoms with Crippen molar-refractivity contribution in [2.45, 2.75) is 71.2 Å². The first-order chi connectivity index (χ1) is 30.2. The standard InChI is InChI=1S/C40H42N6O10.C5H12O2/c1-24(2)35(45-39(50)54-23-33-31-10-5-3-8-29(31)30-9-4-6-11-32(30)33)37(48)44-34(12-7-21-42-38(41)49)36(47)43-26-15-13-25(14-16-26)22-55-40(51)56-28-19-17-27(18-20-28)46(52)53;1-3-7-5(2)4-6/h3-6,8-11,13-20,24,33-35H,7,12,21-23H2,1-2H3,(H,43,47)(H,44,48)(H,45,50)(H3,41,42,49);5-6H,3-4H2,1-2H3/t;5-/m.0/s1. The number of aliphatic hydroxyl groups is 1. The fourth-order valence-corrected chi connectivity index (χ4v) is 6.50. The molecule has 0 aromatic heterocycles. The molecule has 0 heterocycles. The van der Waals surface area contributed by atoms with Crippen LogP contribution >= 0.6 is 0 Å². The molecule has 1 aliphatic carbocycles. The number of hydrogen-bond donors (Lipinski definition) is 6. The van der Waals surface area contributed by atoms with Crippen molar-refractivity contribution in [1.82, 2.24) is 16.0 Å². The van der Waals surface area contributed by atoms with E-state index in [9.17, 15) is 34.1 Å². The van der Waals surface area contributed by atoms with Crippen LogP contribution in [0, 0.1) is 16.0 Å². The number of amides is 5. The van der Waals surface area contributed by atoms with Crippen molar-refractivity contribution >= 4 is 41.5 Å². The van der Waals surface area contributed by atoms with Crippen molar-refractivity contribution in [3.05, 3.63) is 124 Å². The first-order valence-corrected chi connectivity index (χ1v) is 20.4. The molecular weight excluding hydrogens is 817 g/mol. The SMILES string of the molecule is CC(C)C(NC(=O)OCC1c2ccccc2-c2ccccc21)C(=O)NC(CCCNC(N)=O)C(=O)Nc1ccc(COC(=O)Oc2ccc([N+](=O)[O-])cc2)cc1.CCO[C@@H](C)CO. The van der Waals surface area contributed by atoms with Gasteiger partial charge in [0, 0.05) is 36.9 Å². The van der Waals surface area contributed by atoms with E-state index in [2.05, 4.69) is 21.3 Å². The maximum Gasteiger partial charge on any atom is 0.514 e. The summed E-state index contributed by atoms with van der Waals surface area (Å²) in [5.41, 5.74) is 10.2. The highest BCUT2D eigenvalue weighted by Crippen LogP contribution is 2.44. The largest absolute Gasteiger partial charge is 0.514 e.